The van der Waals surface area contributed by atoms with Gasteiger partial charge in [0.25, 0.3) is 0 Å². The van der Waals surface area contributed by atoms with Gasteiger partial charge in [-0.05, 0) is 18.6 Å². The first kappa shape index (κ1) is 12.6. The van der Waals surface area contributed by atoms with Crippen molar-refractivity contribution < 1.29 is 0 Å². The lowest BCUT2D eigenvalue weighted by atomic mass is 9.89. The summed E-state index contributed by atoms with van der Waals surface area (Å²) in [7, 11) is 0. The van der Waals surface area contributed by atoms with Crippen LogP contribution in [-0.2, 0) is 12.0 Å². The van der Waals surface area contributed by atoms with Gasteiger partial charge in [0.05, 0.1) is 18.1 Å². The molecule has 0 unspecified atom stereocenters. The zero-order chi connectivity index (χ0) is 13.2. The summed E-state index contributed by atoms with van der Waals surface area (Å²) in [5.41, 5.74) is 4.73. The van der Waals surface area contributed by atoms with Crippen molar-refractivity contribution in [2.75, 3.05) is 5.32 Å². The maximum atomic E-state index is 4.14. The third-order valence-corrected chi connectivity index (χ3v) is 2.98. The van der Waals surface area contributed by atoms with Crippen LogP contribution in [0.4, 0.5) is 5.69 Å². The van der Waals surface area contributed by atoms with Crippen LogP contribution in [0, 0.1) is 6.92 Å². The van der Waals surface area contributed by atoms with Crippen molar-refractivity contribution in [3.63, 3.8) is 0 Å². The molecule has 0 spiro atoms. The summed E-state index contributed by atoms with van der Waals surface area (Å²) < 4.78 is 0. The minimum Gasteiger partial charge on any atom is -0.379 e. The molecular formula is C14H20N4. The number of nitrogens with one attached hydrogen (secondary N) is 2. The molecule has 2 aromatic rings. The second-order valence-electron chi connectivity index (χ2n) is 5.56. The summed E-state index contributed by atoms with van der Waals surface area (Å²) in [5.74, 6) is 0. The van der Waals surface area contributed by atoms with Crippen molar-refractivity contribution in [3.8, 4) is 0 Å². The first-order valence-electron chi connectivity index (χ1n) is 6.15. The van der Waals surface area contributed by atoms with Crippen LogP contribution in [0.2, 0.25) is 0 Å². The van der Waals surface area contributed by atoms with Gasteiger partial charge in [-0.15, -0.1) is 0 Å². The maximum absolute atomic E-state index is 4.14. The standard InChI is InChI=1S/C14H20N4/c1-10-5-6-15-9-12(10)16-7-11-8-17-18-13(11)14(2,3)4/h5-6,8-9,16H,7H2,1-4H3,(H,17,18). The molecule has 4 heteroatoms. The number of aromatic nitrogens is 3. The van der Waals surface area contributed by atoms with Crippen LogP contribution in [0.25, 0.3) is 0 Å². The number of pyridine rings is 1. The Bertz CT molecular complexity index is 523. The van der Waals surface area contributed by atoms with Crippen molar-refractivity contribution in [1.82, 2.24) is 15.2 Å². The highest BCUT2D eigenvalue weighted by atomic mass is 15.1. The van der Waals surface area contributed by atoms with E-state index >= 15 is 0 Å². The normalized spacial score (nSPS) is 11.6. The first-order chi connectivity index (χ1) is 8.48. The monoisotopic (exact) mass is 244 g/mol. The molecule has 0 aliphatic heterocycles. The highest BCUT2D eigenvalue weighted by Crippen LogP contribution is 2.24. The highest BCUT2D eigenvalue weighted by molar-refractivity contribution is 5.48. The van der Waals surface area contributed by atoms with E-state index in [-0.39, 0.29) is 5.41 Å². The number of hydrogen-bond donors (Lipinski definition) is 2. The van der Waals surface area contributed by atoms with Crippen LogP contribution in [0.3, 0.4) is 0 Å². The molecule has 0 aliphatic rings. The predicted octanol–water partition coefficient (Wildman–Crippen LogP) is 3.02. The largest absolute Gasteiger partial charge is 0.379 e. The molecule has 2 N–H and O–H groups in total. The fourth-order valence-corrected chi connectivity index (χ4v) is 1.93. The Labute approximate surface area is 108 Å². The fraction of sp³-hybridized carbons (Fsp3) is 0.429. The average Bonchev–Trinajstić information content (AvgIpc) is 2.76. The van der Waals surface area contributed by atoms with E-state index in [1.807, 2.05) is 18.5 Å². The number of nitrogens with zero attached hydrogens (tertiary/aromatic N) is 2. The summed E-state index contributed by atoms with van der Waals surface area (Å²) >= 11 is 0. The molecule has 18 heavy (non-hydrogen) atoms. The van der Waals surface area contributed by atoms with Crippen LogP contribution in [0.15, 0.2) is 24.7 Å². The smallest absolute Gasteiger partial charge is 0.0559 e. The van der Waals surface area contributed by atoms with Gasteiger partial charge >= 0.3 is 0 Å². The zero-order valence-electron chi connectivity index (χ0n) is 11.4. The van der Waals surface area contributed by atoms with Crippen LogP contribution >= 0.6 is 0 Å². The summed E-state index contributed by atoms with van der Waals surface area (Å²) in [6, 6.07) is 2.00. The molecule has 0 bridgehead atoms. The molecule has 4 nitrogen and oxygen atoms in total. The molecular weight excluding hydrogens is 224 g/mol. The summed E-state index contributed by atoms with van der Waals surface area (Å²) in [4.78, 5) is 4.13. The lowest BCUT2D eigenvalue weighted by molar-refractivity contribution is 0.561. The molecule has 2 heterocycles. The Morgan fingerprint density at radius 2 is 2.06 bits per heavy atom. The van der Waals surface area contributed by atoms with Gasteiger partial charge in [0.15, 0.2) is 0 Å². The van der Waals surface area contributed by atoms with Gasteiger partial charge in [0, 0.05) is 29.4 Å². The molecule has 2 rings (SSSR count). The molecule has 0 aliphatic carbocycles. The SMILES string of the molecule is Cc1ccncc1NCc1cn[nH]c1C(C)(C)C. The van der Waals surface area contributed by atoms with E-state index < -0.39 is 0 Å². The summed E-state index contributed by atoms with van der Waals surface area (Å²) in [6.07, 6.45) is 5.55. The van der Waals surface area contributed by atoms with Gasteiger partial charge in [-0.25, -0.2) is 0 Å². The molecule has 0 radical (unpaired) electrons. The quantitative estimate of drug-likeness (QED) is 0.872. The molecule has 0 atom stereocenters. The van der Waals surface area contributed by atoms with Gasteiger partial charge in [-0.3, -0.25) is 10.1 Å². The third kappa shape index (κ3) is 2.70. The number of aromatic amines is 1. The van der Waals surface area contributed by atoms with Crippen molar-refractivity contribution in [3.05, 3.63) is 41.5 Å². The van der Waals surface area contributed by atoms with Gasteiger partial charge in [-0.2, -0.15) is 5.10 Å². The molecule has 0 fully saturated rings. The van der Waals surface area contributed by atoms with Crippen molar-refractivity contribution >= 4 is 5.69 Å². The topological polar surface area (TPSA) is 53.6 Å². The molecule has 0 aromatic carbocycles. The lowest BCUT2D eigenvalue weighted by Gasteiger charge is -2.19. The van der Waals surface area contributed by atoms with E-state index in [9.17, 15) is 0 Å². The summed E-state index contributed by atoms with van der Waals surface area (Å²) in [6.45, 7) is 9.37. The lowest BCUT2D eigenvalue weighted by Crippen LogP contribution is -2.15. The Balaban J connectivity index is 2.12. The van der Waals surface area contributed by atoms with Gasteiger partial charge in [0.1, 0.15) is 0 Å². The minimum absolute atomic E-state index is 0.0808. The predicted molar refractivity (Wildman–Crippen MR) is 73.6 cm³/mol. The summed E-state index contributed by atoms with van der Waals surface area (Å²) in [5, 5.41) is 10.6. The van der Waals surface area contributed by atoms with Gasteiger partial charge in [-0.1, -0.05) is 20.8 Å². The molecule has 0 amide bonds. The average molecular weight is 244 g/mol. The van der Waals surface area contributed by atoms with Crippen LogP contribution in [-0.4, -0.2) is 15.2 Å². The van der Waals surface area contributed by atoms with Crippen molar-refractivity contribution in [2.24, 2.45) is 0 Å². The van der Waals surface area contributed by atoms with E-state index in [4.69, 9.17) is 0 Å². The maximum Gasteiger partial charge on any atom is 0.0559 e. The van der Waals surface area contributed by atoms with Crippen LogP contribution in [0.5, 0.6) is 0 Å². The van der Waals surface area contributed by atoms with E-state index in [1.165, 1.54) is 16.8 Å². The van der Waals surface area contributed by atoms with Crippen LogP contribution < -0.4 is 5.32 Å². The number of aryl methyl sites for hydroxylation is 1. The van der Waals surface area contributed by atoms with E-state index in [0.717, 1.165) is 12.2 Å². The third-order valence-electron chi connectivity index (χ3n) is 2.98. The van der Waals surface area contributed by atoms with Gasteiger partial charge < -0.3 is 5.32 Å². The van der Waals surface area contributed by atoms with Crippen molar-refractivity contribution in [2.45, 2.75) is 39.7 Å². The fourth-order valence-electron chi connectivity index (χ4n) is 1.93. The molecule has 0 saturated carbocycles. The first-order valence-corrected chi connectivity index (χ1v) is 6.15. The highest BCUT2D eigenvalue weighted by Gasteiger charge is 2.19. The molecule has 96 valence electrons. The Kier molecular flexibility index (Phi) is 3.36. The number of hydrogen-bond acceptors (Lipinski definition) is 3. The number of anilines is 1. The number of rotatable bonds is 3. The Morgan fingerprint density at radius 1 is 1.28 bits per heavy atom. The van der Waals surface area contributed by atoms with Crippen molar-refractivity contribution in [1.29, 1.82) is 0 Å². The van der Waals surface area contributed by atoms with Gasteiger partial charge in [0.2, 0.25) is 0 Å². The number of H-pyrrole nitrogens is 1. The molecule has 2 aromatic heterocycles. The van der Waals surface area contributed by atoms with Crippen LogP contribution in [0.1, 0.15) is 37.6 Å². The Morgan fingerprint density at radius 3 is 2.72 bits per heavy atom. The second kappa shape index (κ2) is 4.80. The Hall–Kier alpha value is -1.84. The zero-order valence-corrected chi connectivity index (χ0v) is 11.4. The van der Waals surface area contributed by atoms with E-state index in [1.54, 1.807) is 6.20 Å². The minimum atomic E-state index is 0.0808. The van der Waals surface area contributed by atoms with E-state index in [2.05, 4.69) is 48.2 Å². The van der Waals surface area contributed by atoms with E-state index in [0.29, 0.717) is 0 Å². The second-order valence-corrected chi connectivity index (χ2v) is 5.56. The molecule has 0 saturated heterocycles.